The van der Waals surface area contributed by atoms with E-state index in [0.29, 0.717) is 18.8 Å². The van der Waals surface area contributed by atoms with Gasteiger partial charge in [0, 0.05) is 0 Å². The van der Waals surface area contributed by atoms with Crippen LogP contribution in [0.2, 0.25) is 0 Å². The summed E-state index contributed by atoms with van der Waals surface area (Å²) in [4.78, 5) is 20.6. The van der Waals surface area contributed by atoms with Crippen LogP contribution < -0.4 is 0 Å². The van der Waals surface area contributed by atoms with Crippen LogP contribution in [0.4, 0.5) is 0 Å². The van der Waals surface area contributed by atoms with E-state index in [1.54, 1.807) is 6.92 Å². The van der Waals surface area contributed by atoms with Crippen molar-refractivity contribution in [2.45, 2.75) is 60.2 Å². The van der Waals surface area contributed by atoms with E-state index in [1.165, 1.54) is 6.92 Å². The van der Waals surface area contributed by atoms with Crippen molar-refractivity contribution in [3.05, 3.63) is 0 Å². The van der Waals surface area contributed by atoms with Crippen LogP contribution in [0, 0.1) is 0 Å². The Balaban J connectivity index is -0.000000224. The molecule has 17 heavy (non-hydrogen) atoms. The van der Waals surface area contributed by atoms with E-state index in [1.807, 2.05) is 27.7 Å². The van der Waals surface area contributed by atoms with Crippen molar-refractivity contribution >= 4 is 29.1 Å². The van der Waals surface area contributed by atoms with Crippen LogP contribution in [0.25, 0.3) is 0 Å². The molecular weight excluding hydrogens is 235 g/mol. The quantitative estimate of drug-likeness (QED) is 0.424. The molecule has 102 valence electrons. The largest absolute Gasteiger partial charge is 0.466 e. The molecule has 0 heterocycles. The molecule has 5 heteroatoms. The number of hydrogen-bond donors (Lipinski definition) is 0. The first-order valence-corrected chi connectivity index (χ1v) is 5.60. The fourth-order valence-electron chi connectivity index (χ4n) is 0.960. The lowest BCUT2D eigenvalue weighted by molar-refractivity contribution is -0.145. The third-order valence-electron chi connectivity index (χ3n) is 1.24. The normalized spacial score (nSPS) is 9.18. The number of ketones is 1. The van der Waals surface area contributed by atoms with Crippen molar-refractivity contribution in [1.82, 2.24) is 0 Å². The molecule has 0 saturated carbocycles. The highest BCUT2D eigenvalue weighted by Crippen LogP contribution is 1.93. The van der Waals surface area contributed by atoms with Gasteiger partial charge in [-0.2, -0.15) is 0 Å². The van der Waals surface area contributed by atoms with Crippen LogP contribution in [-0.2, 0) is 19.1 Å². The van der Waals surface area contributed by atoms with Gasteiger partial charge in [0.25, 0.3) is 0 Å². The average molecular weight is 262 g/mol. The Bertz CT molecular complexity index is 197. The number of rotatable bonds is 5. The smallest absolute Gasteiger partial charge is 0.313 e. The molecule has 0 aliphatic carbocycles. The van der Waals surface area contributed by atoms with Gasteiger partial charge in [0.05, 0.1) is 18.8 Å². The Hall–Kier alpha value is -0.368. The van der Waals surface area contributed by atoms with E-state index in [4.69, 9.17) is 4.74 Å². The van der Waals surface area contributed by atoms with Crippen LogP contribution in [0.15, 0.2) is 0 Å². The lowest BCUT2D eigenvalue weighted by Gasteiger charge is -2.09. The third kappa shape index (κ3) is 25.7. The lowest BCUT2D eigenvalue weighted by atomic mass is 10.3. The fourth-order valence-corrected chi connectivity index (χ4v) is 0.960. The number of carbonyl (C=O) groups is 2. The molecule has 0 spiro atoms. The Labute approximate surface area is 115 Å². The summed E-state index contributed by atoms with van der Waals surface area (Å²) in [6.45, 7) is 11.6. The van der Waals surface area contributed by atoms with Gasteiger partial charge < -0.3 is 9.47 Å². The van der Waals surface area contributed by atoms with Gasteiger partial charge in [-0.1, -0.05) is 0 Å². The van der Waals surface area contributed by atoms with Crippen LogP contribution >= 0.6 is 0 Å². The first-order valence-electron chi connectivity index (χ1n) is 5.60. The molecule has 0 fully saturated rings. The SMILES string of the molecule is CC(C)OC(C)C.CCOC(=O)CC(C)=O.[AlH3]. The molecule has 4 nitrogen and oxygen atoms in total. The highest BCUT2D eigenvalue weighted by molar-refractivity contribution is 5.94. The second-order valence-corrected chi connectivity index (χ2v) is 3.92. The van der Waals surface area contributed by atoms with Crippen LogP contribution in [0.5, 0.6) is 0 Å². The molecule has 0 aromatic heterocycles. The molecule has 0 aromatic carbocycles. The van der Waals surface area contributed by atoms with Crippen molar-refractivity contribution in [3.8, 4) is 0 Å². The number of carbonyl (C=O) groups excluding carboxylic acids is 2. The maximum atomic E-state index is 10.4. The van der Waals surface area contributed by atoms with E-state index in [0.717, 1.165) is 0 Å². The van der Waals surface area contributed by atoms with E-state index >= 15 is 0 Å². The Kier molecular flexibility index (Phi) is 17.6. The highest BCUT2D eigenvalue weighted by atomic mass is 27.0. The minimum absolute atomic E-state index is 0. The number of ether oxygens (including phenoxy) is 2. The Morgan fingerprint density at radius 2 is 1.47 bits per heavy atom. The van der Waals surface area contributed by atoms with Crippen molar-refractivity contribution < 1.29 is 19.1 Å². The summed E-state index contributed by atoms with van der Waals surface area (Å²) in [6, 6.07) is 0. The summed E-state index contributed by atoms with van der Waals surface area (Å²) in [6.07, 6.45) is 0.647. The zero-order chi connectivity index (χ0) is 13.1. The lowest BCUT2D eigenvalue weighted by Crippen LogP contribution is -2.09. The van der Waals surface area contributed by atoms with E-state index in [2.05, 4.69) is 4.74 Å². The molecule has 0 amide bonds. The van der Waals surface area contributed by atoms with Gasteiger partial charge in [-0.3, -0.25) is 9.59 Å². The van der Waals surface area contributed by atoms with Gasteiger partial charge in [-0.25, -0.2) is 0 Å². The maximum Gasteiger partial charge on any atom is 0.313 e. The summed E-state index contributed by atoms with van der Waals surface area (Å²) in [5.41, 5.74) is 0. The van der Waals surface area contributed by atoms with E-state index in [9.17, 15) is 9.59 Å². The van der Waals surface area contributed by atoms with Gasteiger partial charge >= 0.3 is 5.97 Å². The van der Waals surface area contributed by atoms with Gasteiger partial charge in [-0.05, 0) is 41.5 Å². The van der Waals surface area contributed by atoms with Crippen molar-refractivity contribution in [3.63, 3.8) is 0 Å². The second-order valence-electron chi connectivity index (χ2n) is 3.92. The molecule has 0 aliphatic heterocycles. The zero-order valence-corrected chi connectivity index (χ0v) is 11.2. The van der Waals surface area contributed by atoms with Crippen LogP contribution in [0.3, 0.4) is 0 Å². The monoisotopic (exact) mass is 262 g/mol. The summed E-state index contributed by atoms with van der Waals surface area (Å²) in [7, 11) is 0. The van der Waals surface area contributed by atoms with Gasteiger partial charge in [0.2, 0.25) is 0 Å². The first-order chi connectivity index (χ1) is 7.29. The molecule has 0 unspecified atom stereocenters. The molecule has 0 radical (unpaired) electrons. The molecular formula is C12H27AlO4. The summed E-state index contributed by atoms with van der Waals surface area (Å²) in [5.74, 6) is -0.599. The van der Waals surface area contributed by atoms with Crippen molar-refractivity contribution in [2.24, 2.45) is 0 Å². The molecule has 0 atom stereocenters. The Morgan fingerprint density at radius 1 is 1.06 bits per heavy atom. The van der Waals surface area contributed by atoms with Gasteiger partial charge in [0.1, 0.15) is 12.2 Å². The Morgan fingerprint density at radius 3 is 1.65 bits per heavy atom. The number of esters is 1. The minimum atomic E-state index is -0.440. The molecule has 0 saturated heterocycles. The third-order valence-corrected chi connectivity index (χ3v) is 1.24. The number of hydrogen-bond acceptors (Lipinski definition) is 4. The van der Waals surface area contributed by atoms with E-state index < -0.39 is 5.97 Å². The van der Waals surface area contributed by atoms with Gasteiger partial charge in [0.15, 0.2) is 17.4 Å². The number of Topliss-reactive ketones (excluding diaryl/α,β-unsaturated/α-hetero) is 1. The first kappa shape index (κ1) is 21.9. The minimum Gasteiger partial charge on any atom is -0.466 e. The standard InChI is InChI=1S/C6H10O3.C6H14O.Al.3H/c1-3-9-6(8)4-5(2)7;1-5(2)7-6(3)4;;;;/h3-4H2,1-2H3;5-6H,1-4H3;;;;. The maximum absolute atomic E-state index is 10.4. The zero-order valence-electron chi connectivity index (χ0n) is 11.2. The second kappa shape index (κ2) is 13.7. The topological polar surface area (TPSA) is 52.6 Å². The average Bonchev–Trinajstić information content (AvgIpc) is 2.00. The van der Waals surface area contributed by atoms with Crippen LogP contribution in [0.1, 0.15) is 48.0 Å². The molecule has 0 N–H and O–H groups in total. The summed E-state index contributed by atoms with van der Waals surface area (Å²) in [5, 5.41) is 0. The summed E-state index contributed by atoms with van der Waals surface area (Å²) >= 11 is 0. The predicted octanol–water partition coefficient (Wildman–Crippen LogP) is 1.16. The highest BCUT2D eigenvalue weighted by Gasteiger charge is 2.03. The fraction of sp³-hybridized carbons (Fsp3) is 0.833. The molecule has 0 aliphatic rings. The molecule has 0 rings (SSSR count). The molecule has 0 bridgehead atoms. The summed E-state index contributed by atoms with van der Waals surface area (Å²) < 4.78 is 9.74. The van der Waals surface area contributed by atoms with Crippen molar-refractivity contribution in [1.29, 1.82) is 0 Å². The van der Waals surface area contributed by atoms with E-state index in [-0.39, 0.29) is 29.6 Å². The van der Waals surface area contributed by atoms with Crippen molar-refractivity contribution in [2.75, 3.05) is 6.61 Å². The van der Waals surface area contributed by atoms with Crippen LogP contribution in [-0.4, -0.2) is 47.9 Å². The van der Waals surface area contributed by atoms with Gasteiger partial charge in [-0.15, -0.1) is 0 Å². The predicted molar refractivity (Wildman–Crippen MR) is 73.2 cm³/mol. The molecule has 0 aromatic rings.